The van der Waals surface area contributed by atoms with Crippen molar-refractivity contribution in [1.29, 1.82) is 0 Å². The van der Waals surface area contributed by atoms with Gasteiger partial charge in [-0.2, -0.15) is 0 Å². The van der Waals surface area contributed by atoms with Crippen LogP contribution in [-0.4, -0.2) is 58.0 Å². The van der Waals surface area contributed by atoms with E-state index in [2.05, 4.69) is 11.4 Å². The fourth-order valence-corrected chi connectivity index (χ4v) is 4.27. The van der Waals surface area contributed by atoms with Gasteiger partial charge in [-0.15, -0.1) is 11.8 Å². The summed E-state index contributed by atoms with van der Waals surface area (Å²) in [6.07, 6.45) is 0.203. The number of aliphatic hydroxyl groups is 2. The zero-order valence-electron chi connectivity index (χ0n) is 16.3. The summed E-state index contributed by atoms with van der Waals surface area (Å²) in [6, 6.07) is 13.6. The highest BCUT2D eigenvalue weighted by Crippen LogP contribution is 2.26. The van der Waals surface area contributed by atoms with Gasteiger partial charge in [0.25, 0.3) is 11.8 Å². The molecule has 0 radical (unpaired) electrons. The number of hydrogen-bond acceptors (Lipinski definition) is 5. The number of fused-ring (bicyclic) bond motifs is 1. The molecule has 7 heteroatoms. The Kier molecular flexibility index (Phi) is 7.30. The second kappa shape index (κ2) is 9.91. The zero-order valence-corrected chi connectivity index (χ0v) is 17.1. The van der Waals surface area contributed by atoms with Gasteiger partial charge in [-0.1, -0.05) is 48.5 Å². The monoisotopic (exact) mass is 414 g/mol. The van der Waals surface area contributed by atoms with Crippen molar-refractivity contribution in [3.63, 3.8) is 0 Å². The lowest BCUT2D eigenvalue weighted by molar-refractivity contribution is -0.152. The molecular formula is C22H26N2O4S. The van der Waals surface area contributed by atoms with Gasteiger partial charge in [0.1, 0.15) is 0 Å². The van der Waals surface area contributed by atoms with Crippen LogP contribution in [0.2, 0.25) is 0 Å². The first-order valence-electron chi connectivity index (χ1n) is 9.63. The fourth-order valence-electron chi connectivity index (χ4n) is 3.34. The molecule has 0 aromatic heterocycles. The molecule has 1 unspecified atom stereocenters. The molecule has 0 saturated heterocycles. The van der Waals surface area contributed by atoms with Gasteiger partial charge in [0.15, 0.2) is 12.2 Å². The number of hydrogen-bond donors (Lipinski definition) is 3. The summed E-state index contributed by atoms with van der Waals surface area (Å²) in [6.45, 7) is 0.652. The molecule has 0 fully saturated rings. The maximum atomic E-state index is 12.5. The number of likely N-dealkylation sites (N-methyl/N-ethyl adjacent to an activating group) is 1. The highest BCUT2D eigenvalue weighted by Gasteiger charge is 2.32. The maximum absolute atomic E-state index is 12.5. The predicted molar refractivity (Wildman–Crippen MR) is 115 cm³/mol. The van der Waals surface area contributed by atoms with Crippen molar-refractivity contribution >= 4 is 34.3 Å². The maximum Gasteiger partial charge on any atom is 0.254 e. The average molecular weight is 415 g/mol. The van der Waals surface area contributed by atoms with Gasteiger partial charge in [-0.25, -0.2) is 0 Å². The van der Waals surface area contributed by atoms with Crippen LogP contribution in [0.25, 0.3) is 10.8 Å². The van der Waals surface area contributed by atoms with Gasteiger partial charge in [0, 0.05) is 25.4 Å². The van der Waals surface area contributed by atoms with Crippen LogP contribution in [0.15, 0.2) is 53.9 Å². The smallest absolute Gasteiger partial charge is 0.254 e. The summed E-state index contributed by atoms with van der Waals surface area (Å²) in [5.74, 6) is -1.43. The summed E-state index contributed by atoms with van der Waals surface area (Å²) in [5.41, 5.74) is 0.924. The minimum atomic E-state index is -1.81. The Labute approximate surface area is 174 Å². The van der Waals surface area contributed by atoms with Crippen LogP contribution in [0.5, 0.6) is 0 Å². The summed E-state index contributed by atoms with van der Waals surface area (Å²) >= 11 is 1.71. The van der Waals surface area contributed by atoms with E-state index >= 15 is 0 Å². The van der Waals surface area contributed by atoms with Crippen molar-refractivity contribution < 1.29 is 19.8 Å². The standard InChI is InChI=1S/C22H26N2O4S/c1-24(14-16-8-4-7-15-6-2-3-10-18(15)16)22(28)20(26)19(25)21(27)23-12-11-17-9-5-13-29-17/h2-8,10,13,17,19-20,25-26H,9,11-12,14H2,1H3,(H,23,27)/t17?,19-,20-/m1/s1. The van der Waals surface area contributed by atoms with Crippen LogP contribution in [0.1, 0.15) is 18.4 Å². The van der Waals surface area contributed by atoms with Crippen LogP contribution in [-0.2, 0) is 16.1 Å². The Morgan fingerprint density at radius 3 is 2.69 bits per heavy atom. The van der Waals surface area contributed by atoms with Gasteiger partial charge in [-0.3, -0.25) is 9.59 Å². The number of thioether (sulfide) groups is 1. The number of benzene rings is 2. The third kappa shape index (κ3) is 5.38. The molecule has 3 N–H and O–H groups in total. The Morgan fingerprint density at radius 2 is 1.93 bits per heavy atom. The van der Waals surface area contributed by atoms with Crippen molar-refractivity contribution in [2.45, 2.75) is 36.8 Å². The van der Waals surface area contributed by atoms with Crippen molar-refractivity contribution in [1.82, 2.24) is 10.2 Å². The first-order valence-corrected chi connectivity index (χ1v) is 10.6. The van der Waals surface area contributed by atoms with Crippen molar-refractivity contribution in [2.24, 2.45) is 0 Å². The lowest BCUT2D eigenvalue weighted by Crippen LogP contribution is -2.50. The summed E-state index contributed by atoms with van der Waals surface area (Å²) in [7, 11) is 1.54. The number of amides is 2. The molecule has 2 amide bonds. The predicted octanol–water partition coefficient (Wildman–Crippen LogP) is 2.05. The molecule has 3 rings (SSSR count). The number of nitrogens with zero attached hydrogens (tertiary/aromatic N) is 1. The molecular weight excluding hydrogens is 388 g/mol. The second-order valence-electron chi connectivity index (χ2n) is 7.17. The molecule has 3 atom stereocenters. The molecule has 154 valence electrons. The minimum absolute atomic E-state index is 0.261. The van der Waals surface area contributed by atoms with E-state index in [4.69, 9.17) is 0 Å². The summed E-state index contributed by atoms with van der Waals surface area (Å²) in [4.78, 5) is 26.0. The number of carbonyl (C=O) groups excluding carboxylic acids is 2. The number of nitrogens with one attached hydrogen (secondary N) is 1. The van der Waals surface area contributed by atoms with E-state index in [0.29, 0.717) is 11.8 Å². The Morgan fingerprint density at radius 1 is 1.17 bits per heavy atom. The number of rotatable bonds is 8. The molecule has 0 spiro atoms. The van der Waals surface area contributed by atoms with Crippen LogP contribution in [0.3, 0.4) is 0 Å². The Hall–Kier alpha value is -2.35. The van der Waals surface area contributed by atoms with Crippen molar-refractivity contribution in [3.05, 3.63) is 59.5 Å². The summed E-state index contributed by atoms with van der Waals surface area (Å²) in [5, 5.41) is 27.5. The number of carbonyl (C=O) groups is 2. The largest absolute Gasteiger partial charge is 0.380 e. The Bertz CT molecular complexity index is 888. The van der Waals surface area contributed by atoms with E-state index in [-0.39, 0.29) is 6.54 Å². The minimum Gasteiger partial charge on any atom is -0.380 e. The molecule has 1 heterocycles. The first-order chi connectivity index (χ1) is 14.0. The van der Waals surface area contributed by atoms with Gasteiger partial charge >= 0.3 is 0 Å². The molecule has 0 aliphatic carbocycles. The van der Waals surface area contributed by atoms with Crippen LogP contribution in [0, 0.1) is 0 Å². The average Bonchev–Trinajstić information content (AvgIpc) is 3.25. The number of allylic oxidation sites excluding steroid dienone is 1. The van der Waals surface area contributed by atoms with E-state index in [1.54, 1.807) is 18.8 Å². The van der Waals surface area contributed by atoms with Gasteiger partial charge in [-0.05, 0) is 34.6 Å². The van der Waals surface area contributed by atoms with Crippen LogP contribution < -0.4 is 5.32 Å². The molecule has 6 nitrogen and oxygen atoms in total. The van der Waals surface area contributed by atoms with E-state index in [1.807, 2.05) is 47.9 Å². The highest BCUT2D eigenvalue weighted by molar-refractivity contribution is 8.03. The molecule has 2 aromatic carbocycles. The molecule has 29 heavy (non-hydrogen) atoms. The topological polar surface area (TPSA) is 89.9 Å². The van der Waals surface area contributed by atoms with Crippen molar-refractivity contribution in [3.8, 4) is 0 Å². The quantitative estimate of drug-likeness (QED) is 0.615. The normalized spacial score (nSPS) is 17.8. The first kappa shape index (κ1) is 21.4. The van der Waals surface area contributed by atoms with Crippen molar-refractivity contribution in [2.75, 3.05) is 13.6 Å². The van der Waals surface area contributed by atoms with E-state index in [1.165, 1.54) is 4.90 Å². The molecule has 0 bridgehead atoms. The lowest BCUT2D eigenvalue weighted by atomic mass is 10.0. The lowest BCUT2D eigenvalue weighted by Gasteiger charge is -2.24. The van der Waals surface area contributed by atoms with E-state index < -0.39 is 24.0 Å². The van der Waals surface area contributed by atoms with E-state index in [9.17, 15) is 19.8 Å². The zero-order chi connectivity index (χ0) is 20.8. The molecule has 1 aliphatic rings. The van der Waals surface area contributed by atoms with E-state index in [0.717, 1.165) is 29.2 Å². The van der Waals surface area contributed by atoms with Gasteiger partial charge in [0.05, 0.1) is 0 Å². The number of aliphatic hydroxyl groups excluding tert-OH is 2. The highest BCUT2D eigenvalue weighted by atomic mass is 32.2. The Balaban J connectivity index is 1.54. The molecule has 2 aromatic rings. The SMILES string of the molecule is CN(Cc1cccc2ccccc12)C(=O)[C@H](O)[C@@H](O)C(=O)NCCC1CC=CS1. The van der Waals surface area contributed by atoms with Crippen LogP contribution in [0.4, 0.5) is 0 Å². The molecule has 0 saturated carbocycles. The van der Waals surface area contributed by atoms with Crippen LogP contribution >= 0.6 is 11.8 Å². The fraction of sp³-hybridized carbons (Fsp3) is 0.364. The second-order valence-corrected chi connectivity index (χ2v) is 8.38. The summed E-state index contributed by atoms with van der Waals surface area (Å²) < 4.78 is 0. The van der Waals surface area contributed by atoms with Gasteiger partial charge < -0.3 is 20.4 Å². The molecule has 1 aliphatic heterocycles. The third-order valence-corrected chi connectivity index (χ3v) is 6.18. The third-order valence-electron chi connectivity index (χ3n) is 5.02. The van der Waals surface area contributed by atoms with Gasteiger partial charge in [0.2, 0.25) is 0 Å².